The molecule has 0 spiro atoms. The highest BCUT2D eigenvalue weighted by atomic mass is 16.5. The van der Waals surface area contributed by atoms with Gasteiger partial charge in [0.2, 0.25) is 0 Å². The zero-order valence-corrected chi connectivity index (χ0v) is 11.0. The highest BCUT2D eigenvalue weighted by Crippen LogP contribution is 2.29. The summed E-state index contributed by atoms with van der Waals surface area (Å²) in [7, 11) is 1.79. The van der Waals surface area contributed by atoms with Gasteiger partial charge in [-0.05, 0) is 32.1 Å². The zero-order chi connectivity index (χ0) is 11.5. The first-order chi connectivity index (χ1) is 6.96. The lowest BCUT2D eigenvalue weighted by Crippen LogP contribution is -2.47. The van der Waals surface area contributed by atoms with Gasteiger partial charge >= 0.3 is 0 Å². The van der Waals surface area contributed by atoms with Gasteiger partial charge < -0.3 is 10.1 Å². The zero-order valence-electron chi connectivity index (χ0n) is 11.0. The third-order valence-corrected chi connectivity index (χ3v) is 4.05. The van der Waals surface area contributed by atoms with Crippen LogP contribution < -0.4 is 5.32 Å². The predicted octanol–water partition coefficient (Wildman–Crippen LogP) is 2.83. The van der Waals surface area contributed by atoms with Crippen LogP contribution in [0.15, 0.2) is 0 Å². The molecule has 0 aliphatic heterocycles. The van der Waals surface area contributed by atoms with E-state index in [-0.39, 0.29) is 5.60 Å². The van der Waals surface area contributed by atoms with Crippen LogP contribution in [0.1, 0.15) is 47.0 Å². The van der Waals surface area contributed by atoms with Gasteiger partial charge in [0.1, 0.15) is 0 Å². The van der Waals surface area contributed by atoms with E-state index >= 15 is 0 Å². The Kier molecular flexibility index (Phi) is 4.60. The van der Waals surface area contributed by atoms with Gasteiger partial charge in [0.25, 0.3) is 0 Å². The molecule has 3 atom stereocenters. The molecule has 0 heterocycles. The average molecular weight is 213 g/mol. The van der Waals surface area contributed by atoms with E-state index in [4.69, 9.17) is 4.74 Å². The Hall–Kier alpha value is -0.0800. The third kappa shape index (κ3) is 3.76. The van der Waals surface area contributed by atoms with Crippen LogP contribution in [0.5, 0.6) is 0 Å². The fourth-order valence-electron chi connectivity index (χ4n) is 2.32. The predicted molar refractivity (Wildman–Crippen MR) is 65.1 cm³/mol. The molecule has 3 unspecified atom stereocenters. The molecule has 15 heavy (non-hydrogen) atoms. The van der Waals surface area contributed by atoms with Crippen molar-refractivity contribution in [3.8, 4) is 0 Å². The summed E-state index contributed by atoms with van der Waals surface area (Å²) < 4.78 is 5.43. The average Bonchev–Trinajstić information content (AvgIpc) is 2.20. The molecule has 1 aliphatic rings. The number of hydrogen-bond acceptors (Lipinski definition) is 2. The van der Waals surface area contributed by atoms with Crippen LogP contribution in [0.4, 0.5) is 0 Å². The van der Waals surface area contributed by atoms with Crippen LogP contribution in [0.25, 0.3) is 0 Å². The summed E-state index contributed by atoms with van der Waals surface area (Å²) in [6.45, 7) is 9.97. The van der Waals surface area contributed by atoms with Gasteiger partial charge in [-0.15, -0.1) is 0 Å². The minimum atomic E-state index is -0.0413. The molecule has 0 amide bonds. The fourth-order valence-corrected chi connectivity index (χ4v) is 2.32. The summed E-state index contributed by atoms with van der Waals surface area (Å²) in [6.07, 6.45) is 4.09. The molecule has 2 nitrogen and oxygen atoms in total. The summed E-state index contributed by atoms with van der Waals surface area (Å²) in [5, 5.41) is 3.67. The lowest BCUT2D eigenvalue weighted by Gasteiger charge is -2.36. The molecule has 1 rings (SSSR count). The van der Waals surface area contributed by atoms with Gasteiger partial charge in [-0.25, -0.2) is 0 Å². The Labute approximate surface area is 94.8 Å². The molecule has 0 aromatic carbocycles. The Morgan fingerprint density at radius 1 is 1.27 bits per heavy atom. The van der Waals surface area contributed by atoms with Gasteiger partial charge in [0.05, 0.1) is 5.60 Å². The number of hydrogen-bond donors (Lipinski definition) is 1. The summed E-state index contributed by atoms with van der Waals surface area (Å²) in [5.41, 5.74) is -0.0413. The van der Waals surface area contributed by atoms with Gasteiger partial charge in [0, 0.05) is 19.7 Å². The van der Waals surface area contributed by atoms with Crippen molar-refractivity contribution in [1.29, 1.82) is 0 Å². The van der Waals surface area contributed by atoms with E-state index < -0.39 is 0 Å². The van der Waals surface area contributed by atoms with E-state index in [9.17, 15) is 0 Å². The van der Waals surface area contributed by atoms with Crippen molar-refractivity contribution < 1.29 is 4.74 Å². The van der Waals surface area contributed by atoms with Crippen LogP contribution in [0, 0.1) is 11.8 Å². The van der Waals surface area contributed by atoms with Crippen molar-refractivity contribution >= 4 is 0 Å². The van der Waals surface area contributed by atoms with Gasteiger partial charge in [-0.3, -0.25) is 0 Å². The highest BCUT2D eigenvalue weighted by Gasteiger charge is 2.28. The number of nitrogens with one attached hydrogen (secondary N) is 1. The minimum Gasteiger partial charge on any atom is -0.377 e. The topological polar surface area (TPSA) is 21.3 Å². The van der Waals surface area contributed by atoms with E-state index in [1.165, 1.54) is 19.3 Å². The molecular formula is C13H27NO. The monoisotopic (exact) mass is 213 g/mol. The Morgan fingerprint density at radius 3 is 2.53 bits per heavy atom. The van der Waals surface area contributed by atoms with Crippen LogP contribution in [0.3, 0.4) is 0 Å². The molecule has 1 aliphatic carbocycles. The lowest BCUT2D eigenvalue weighted by atomic mass is 9.78. The van der Waals surface area contributed by atoms with Crippen molar-refractivity contribution in [3.63, 3.8) is 0 Å². The number of methoxy groups -OCH3 is 1. The van der Waals surface area contributed by atoms with Crippen molar-refractivity contribution in [2.45, 2.75) is 58.6 Å². The SMILES string of the molecule is COC(C)(C)CNC1CCCC(C)C1C. The number of ether oxygens (including phenoxy) is 1. The molecule has 1 saturated carbocycles. The normalized spacial score (nSPS) is 33.0. The van der Waals surface area contributed by atoms with Crippen LogP contribution in [-0.2, 0) is 4.74 Å². The molecular weight excluding hydrogens is 186 g/mol. The van der Waals surface area contributed by atoms with E-state index in [1.54, 1.807) is 7.11 Å². The van der Waals surface area contributed by atoms with E-state index in [2.05, 4.69) is 33.0 Å². The Bertz CT molecular complexity index is 191. The Morgan fingerprint density at radius 2 is 1.93 bits per heavy atom. The summed E-state index contributed by atoms with van der Waals surface area (Å²) in [6, 6.07) is 0.683. The first-order valence-electron chi connectivity index (χ1n) is 6.25. The van der Waals surface area contributed by atoms with E-state index in [0.717, 1.165) is 18.4 Å². The molecule has 2 heteroatoms. The first kappa shape index (κ1) is 13.0. The van der Waals surface area contributed by atoms with Crippen molar-refractivity contribution in [2.75, 3.05) is 13.7 Å². The van der Waals surface area contributed by atoms with E-state index in [0.29, 0.717) is 6.04 Å². The fraction of sp³-hybridized carbons (Fsp3) is 1.00. The second-order valence-corrected chi connectivity index (χ2v) is 5.72. The van der Waals surface area contributed by atoms with Crippen LogP contribution in [0.2, 0.25) is 0 Å². The maximum absolute atomic E-state index is 5.43. The lowest BCUT2D eigenvalue weighted by molar-refractivity contribution is 0.0168. The largest absolute Gasteiger partial charge is 0.377 e. The summed E-state index contributed by atoms with van der Waals surface area (Å²) in [4.78, 5) is 0. The second kappa shape index (κ2) is 5.31. The summed E-state index contributed by atoms with van der Waals surface area (Å²) in [5.74, 6) is 1.66. The van der Waals surface area contributed by atoms with Crippen LogP contribution in [-0.4, -0.2) is 25.3 Å². The van der Waals surface area contributed by atoms with Crippen molar-refractivity contribution in [1.82, 2.24) is 5.32 Å². The van der Waals surface area contributed by atoms with E-state index in [1.807, 2.05) is 0 Å². The molecule has 1 N–H and O–H groups in total. The summed E-state index contributed by atoms with van der Waals surface area (Å²) >= 11 is 0. The van der Waals surface area contributed by atoms with Gasteiger partial charge in [-0.2, -0.15) is 0 Å². The van der Waals surface area contributed by atoms with Gasteiger partial charge in [0.15, 0.2) is 0 Å². The van der Waals surface area contributed by atoms with Crippen LogP contribution >= 0.6 is 0 Å². The molecule has 1 fully saturated rings. The number of rotatable bonds is 4. The minimum absolute atomic E-state index is 0.0413. The molecule has 0 radical (unpaired) electrons. The molecule has 90 valence electrons. The molecule has 0 aromatic rings. The van der Waals surface area contributed by atoms with Crippen molar-refractivity contribution in [3.05, 3.63) is 0 Å². The Balaban J connectivity index is 2.37. The second-order valence-electron chi connectivity index (χ2n) is 5.72. The first-order valence-corrected chi connectivity index (χ1v) is 6.25. The standard InChI is InChI=1S/C13H27NO/c1-10-7-6-8-12(11(10)2)14-9-13(3,4)15-5/h10-12,14H,6-9H2,1-5H3. The van der Waals surface area contributed by atoms with Crippen molar-refractivity contribution in [2.24, 2.45) is 11.8 Å². The molecule has 0 aromatic heterocycles. The quantitative estimate of drug-likeness (QED) is 0.775. The maximum atomic E-state index is 5.43. The molecule has 0 bridgehead atoms. The van der Waals surface area contributed by atoms with Gasteiger partial charge in [-0.1, -0.05) is 26.7 Å². The highest BCUT2D eigenvalue weighted by molar-refractivity contribution is 4.84. The smallest absolute Gasteiger partial charge is 0.0746 e. The third-order valence-electron chi connectivity index (χ3n) is 4.05. The maximum Gasteiger partial charge on any atom is 0.0746 e. The molecule has 0 saturated heterocycles.